The second kappa shape index (κ2) is 1.55. The van der Waals surface area contributed by atoms with Crippen LogP contribution in [0.1, 0.15) is 20.8 Å². The van der Waals surface area contributed by atoms with Crippen LogP contribution in [0, 0.1) is 17.3 Å². The van der Waals surface area contributed by atoms with Gasteiger partial charge in [0, 0.05) is 0 Å². The predicted molar refractivity (Wildman–Crippen MR) is 43.7 cm³/mol. The van der Waals surface area contributed by atoms with Crippen LogP contribution < -0.4 is 0 Å². The minimum atomic E-state index is 0.527. The van der Waals surface area contributed by atoms with E-state index in [9.17, 15) is 0 Å². The van der Waals surface area contributed by atoms with Crippen molar-refractivity contribution >= 4 is 0 Å². The van der Waals surface area contributed by atoms with Crippen LogP contribution in [0.2, 0.25) is 0 Å². The van der Waals surface area contributed by atoms with E-state index in [0.29, 0.717) is 5.41 Å². The molecule has 0 spiro atoms. The van der Waals surface area contributed by atoms with Gasteiger partial charge in [-0.25, -0.2) is 0 Å². The Hall–Kier alpha value is -0.520. The fraction of sp³-hybridized carbons (Fsp3) is 0.600. The number of fused-ring (bicyclic) bond motifs is 1. The highest BCUT2D eigenvalue weighted by atomic mass is 14.6. The molecular weight excluding hydrogens is 120 g/mol. The average molecular weight is 134 g/mol. The van der Waals surface area contributed by atoms with E-state index in [1.54, 1.807) is 0 Å². The molecular formula is C10H14. The van der Waals surface area contributed by atoms with Gasteiger partial charge in [-0.15, -0.1) is 0 Å². The molecule has 1 saturated carbocycles. The van der Waals surface area contributed by atoms with Gasteiger partial charge in [0.05, 0.1) is 0 Å². The highest BCUT2D eigenvalue weighted by Crippen LogP contribution is 2.61. The van der Waals surface area contributed by atoms with Crippen molar-refractivity contribution in [3.05, 3.63) is 23.8 Å². The highest BCUT2D eigenvalue weighted by molar-refractivity contribution is 5.35. The maximum Gasteiger partial charge on any atom is -0.00460 e. The SMILES string of the molecule is CC1=CC2C(C)C2(C)C=C1. The van der Waals surface area contributed by atoms with E-state index in [4.69, 9.17) is 0 Å². The van der Waals surface area contributed by atoms with Crippen molar-refractivity contribution in [2.75, 3.05) is 0 Å². The second-order valence-corrected chi connectivity index (χ2v) is 3.92. The van der Waals surface area contributed by atoms with Gasteiger partial charge in [0.15, 0.2) is 0 Å². The molecule has 0 aromatic heterocycles. The summed E-state index contributed by atoms with van der Waals surface area (Å²) in [5, 5.41) is 0. The van der Waals surface area contributed by atoms with Gasteiger partial charge < -0.3 is 0 Å². The highest BCUT2D eigenvalue weighted by Gasteiger charge is 2.55. The van der Waals surface area contributed by atoms with Crippen LogP contribution in [0.25, 0.3) is 0 Å². The molecule has 3 unspecified atom stereocenters. The van der Waals surface area contributed by atoms with E-state index < -0.39 is 0 Å². The van der Waals surface area contributed by atoms with E-state index >= 15 is 0 Å². The standard InChI is InChI=1S/C10H14/c1-7-4-5-10(3)8(2)9(10)6-7/h4-6,8-9H,1-3H3. The molecule has 0 aliphatic heterocycles. The maximum absolute atomic E-state index is 2.41. The molecule has 1 fully saturated rings. The average Bonchev–Trinajstić information content (AvgIpc) is 2.40. The van der Waals surface area contributed by atoms with E-state index in [-0.39, 0.29) is 0 Å². The monoisotopic (exact) mass is 134 g/mol. The summed E-state index contributed by atoms with van der Waals surface area (Å²) >= 11 is 0. The normalized spacial score (nSPS) is 50.1. The number of allylic oxidation sites excluding steroid dienone is 4. The Morgan fingerprint density at radius 1 is 1.50 bits per heavy atom. The molecule has 0 amide bonds. The summed E-state index contributed by atoms with van der Waals surface area (Å²) in [6.07, 6.45) is 7.03. The first-order chi connectivity index (χ1) is 4.64. The van der Waals surface area contributed by atoms with Crippen molar-refractivity contribution in [3.8, 4) is 0 Å². The Morgan fingerprint density at radius 2 is 2.20 bits per heavy atom. The van der Waals surface area contributed by atoms with Gasteiger partial charge in [0.25, 0.3) is 0 Å². The van der Waals surface area contributed by atoms with Crippen molar-refractivity contribution in [2.45, 2.75) is 20.8 Å². The molecule has 0 nitrogen and oxygen atoms in total. The van der Waals surface area contributed by atoms with E-state index in [1.165, 1.54) is 5.57 Å². The molecule has 3 atom stereocenters. The number of hydrogen-bond donors (Lipinski definition) is 0. The van der Waals surface area contributed by atoms with Crippen molar-refractivity contribution in [1.82, 2.24) is 0 Å². The minimum Gasteiger partial charge on any atom is -0.0774 e. The lowest BCUT2D eigenvalue weighted by Crippen LogP contribution is -1.95. The Bertz CT molecular complexity index is 222. The summed E-state index contributed by atoms with van der Waals surface area (Å²) in [6.45, 7) is 6.87. The molecule has 2 rings (SSSR count). The van der Waals surface area contributed by atoms with Crippen LogP contribution >= 0.6 is 0 Å². The van der Waals surface area contributed by atoms with Crippen LogP contribution in [0.4, 0.5) is 0 Å². The summed E-state index contributed by atoms with van der Waals surface area (Å²) in [5.41, 5.74) is 1.96. The summed E-state index contributed by atoms with van der Waals surface area (Å²) < 4.78 is 0. The Balaban J connectivity index is 2.32. The van der Waals surface area contributed by atoms with Gasteiger partial charge >= 0.3 is 0 Å². The first kappa shape index (κ1) is 6.21. The molecule has 0 saturated heterocycles. The Morgan fingerprint density at radius 3 is 2.70 bits per heavy atom. The van der Waals surface area contributed by atoms with Crippen molar-refractivity contribution in [2.24, 2.45) is 17.3 Å². The first-order valence-electron chi connectivity index (χ1n) is 4.02. The first-order valence-corrected chi connectivity index (χ1v) is 4.02. The van der Waals surface area contributed by atoms with Crippen molar-refractivity contribution in [3.63, 3.8) is 0 Å². The van der Waals surface area contributed by atoms with Crippen LogP contribution in [-0.2, 0) is 0 Å². The van der Waals surface area contributed by atoms with E-state index in [2.05, 4.69) is 39.0 Å². The molecule has 0 aromatic carbocycles. The van der Waals surface area contributed by atoms with Gasteiger partial charge in [-0.05, 0) is 24.2 Å². The van der Waals surface area contributed by atoms with E-state index in [0.717, 1.165) is 11.8 Å². The topological polar surface area (TPSA) is 0 Å². The van der Waals surface area contributed by atoms with Gasteiger partial charge in [-0.2, -0.15) is 0 Å². The zero-order chi connectivity index (χ0) is 7.35. The molecule has 54 valence electrons. The Labute approximate surface area is 62.6 Å². The van der Waals surface area contributed by atoms with Gasteiger partial charge in [0.1, 0.15) is 0 Å². The molecule has 0 bridgehead atoms. The number of hydrogen-bond acceptors (Lipinski definition) is 0. The molecule has 2 aliphatic carbocycles. The third-order valence-electron chi connectivity index (χ3n) is 3.28. The van der Waals surface area contributed by atoms with Crippen molar-refractivity contribution < 1.29 is 0 Å². The summed E-state index contributed by atoms with van der Waals surface area (Å²) in [5.74, 6) is 1.72. The zero-order valence-electron chi connectivity index (χ0n) is 6.89. The molecule has 10 heavy (non-hydrogen) atoms. The third-order valence-corrected chi connectivity index (χ3v) is 3.28. The maximum atomic E-state index is 2.41. The second-order valence-electron chi connectivity index (χ2n) is 3.92. The van der Waals surface area contributed by atoms with Gasteiger partial charge in [-0.1, -0.05) is 37.6 Å². The third kappa shape index (κ3) is 0.570. The molecule has 0 radical (unpaired) electrons. The Kier molecular flexibility index (Phi) is 0.964. The summed E-state index contributed by atoms with van der Waals surface area (Å²) in [6, 6.07) is 0. The van der Waals surface area contributed by atoms with Crippen LogP contribution in [0.3, 0.4) is 0 Å². The van der Waals surface area contributed by atoms with Crippen LogP contribution in [0.15, 0.2) is 23.8 Å². The van der Waals surface area contributed by atoms with E-state index in [1.807, 2.05) is 0 Å². The lowest BCUT2D eigenvalue weighted by Gasteiger charge is -2.07. The lowest BCUT2D eigenvalue weighted by atomic mass is 9.98. The zero-order valence-corrected chi connectivity index (χ0v) is 6.89. The summed E-state index contributed by atoms with van der Waals surface area (Å²) in [7, 11) is 0. The smallest absolute Gasteiger partial charge is 0.00460 e. The van der Waals surface area contributed by atoms with Gasteiger partial charge in [0.2, 0.25) is 0 Å². The van der Waals surface area contributed by atoms with Crippen molar-refractivity contribution in [1.29, 1.82) is 0 Å². The minimum absolute atomic E-state index is 0.527. The van der Waals surface area contributed by atoms with Crippen LogP contribution in [-0.4, -0.2) is 0 Å². The number of rotatable bonds is 0. The molecule has 0 heteroatoms. The largest absolute Gasteiger partial charge is 0.0774 e. The van der Waals surface area contributed by atoms with Gasteiger partial charge in [-0.3, -0.25) is 0 Å². The fourth-order valence-electron chi connectivity index (χ4n) is 2.03. The predicted octanol–water partition coefficient (Wildman–Crippen LogP) is 2.77. The lowest BCUT2D eigenvalue weighted by molar-refractivity contribution is 0.645. The van der Waals surface area contributed by atoms with Crippen LogP contribution in [0.5, 0.6) is 0 Å². The quantitative estimate of drug-likeness (QED) is 0.478. The molecule has 0 aromatic rings. The fourth-order valence-corrected chi connectivity index (χ4v) is 2.03. The molecule has 0 N–H and O–H groups in total. The molecule has 2 aliphatic rings. The molecule has 0 heterocycles. The summed E-state index contributed by atoms with van der Waals surface area (Å²) in [4.78, 5) is 0.